The molecule has 0 bridgehead atoms. The fourth-order valence-electron chi connectivity index (χ4n) is 2.22. The first-order chi connectivity index (χ1) is 9.83. The van der Waals surface area contributed by atoms with Crippen molar-refractivity contribution in [3.05, 3.63) is 36.5 Å². The Balaban J connectivity index is 2.51. The van der Waals surface area contributed by atoms with Crippen molar-refractivity contribution >= 4 is 5.97 Å². The van der Waals surface area contributed by atoms with Crippen LogP contribution in [-0.2, 0) is 9.53 Å². The Bertz CT molecular complexity index is 339. The van der Waals surface area contributed by atoms with Gasteiger partial charge in [-0.25, -0.2) is 0 Å². The quantitative estimate of drug-likeness (QED) is 0.517. The molecule has 1 aliphatic rings. The fraction of sp³-hybridized carbons (Fsp3) is 0.611. The number of allylic oxidation sites excluding steroid dienone is 5. The largest absolute Gasteiger partial charge is 0.462 e. The molecule has 0 aliphatic carbocycles. The number of rotatable bonds is 2. The minimum Gasteiger partial charge on any atom is -0.462 e. The van der Waals surface area contributed by atoms with Crippen LogP contribution in [0.5, 0.6) is 0 Å². The summed E-state index contributed by atoms with van der Waals surface area (Å²) < 4.78 is 5.56. The molecule has 1 unspecified atom stereocenters. The van der Waals surface area contributed by atoms with E-state index < -0.39 is 0 Å². The average molecular weight is 276 g/mol. The highest BCUT2D eigenvalue weighted by molar-refractivity contribution is 5.69. The molecule has 0 spiro atoms. The van der Waals surface area contributed by atoms with Gasteiger partial charge in [-0.15, -0.1) is 0 Å². The third-order valence-electron chi connectivity index (χ3n) is 3.33. The van der Waals surface area contributed by atoms with Gasteiger partial charge in [0.1, 0.15) is 6.10 Å². The van der Waals surface area contributed by atoms with Crippen LogP contribution in [0.4, 0.5) is 0 Å². The van der Waals surface area contributed by atoms with E-state index in [9.17, 15) is 4.79 Å². The average Bonchev–Trinajstić information content (AvgIpc) is 2.42. The molecule has 0 aromatic heterocycles. The predicted octanol–water partition coefficient (Wildman–Crippen LogP) is 5.11. The SMILES string of the molecule is CCCC1C/C=C\C/C=C\CC/C=C\CCCC(=O)O1. The van der Waals surface area contributed by atoms with Crippen molar-refractivity contribution in [1.82, 2.24) is 0 Å². The fourth-order valence-corrected chi connectivity index (χ4v) is 2.22. The molecule has 0 N–H and O–H groups in total. The summed E-state index contributed by atoms with van der Waals surface area (Å²) in [5.74, 6) is -0.0442. The summed E-state index contributed by atoms with van der Waals surface area (Å²) in [6.45, 7) is 2.13. The molecule has 2 nitrogen and oxygen atoms in total. The van der Waals surface area contributed by atoms with Gasteiger partial charge in [0, 0.05) is 12.8 Å². The summed E-state index contributed by atoms with van der Waals surface area (Å²) in [5, 5.41) is 0. The first-order valence-electron chi connectivity index (χ1n) is 7.97. The maximum atomic E-state index is 11.8. The van der Waals surface area contributed by atoms with E-state index in [1.807, 2.05) is 0 Å². The molecule has 1 rings (SSSR count). The minimum atomic E-state index is -0.0442. The van der Waals surface area contributed by atoms with Crippen LogP contribution in [-0.4, -0.2) is 12.1 Å². The molecular formula is C18H28O2. The zero-order chi connectivity index (χ0) is 14.5. The van der Waals surface area contributed by atoms with E-state index in [2.05, 4.69) is 43.4 Å². The van der Waals surface area contributed by atoms with Gasteiger partial charge in [0.05, 0.1) is 0 Å². The molecular weight excluding hydrogens is 248 g/mol. The molecule has 2 heteroatoms. The van der Waals surface area contributed by atoms with Crippen LogP contribution >= 0.6 is 0 Å². The lowest BCUT2D eigenvalue weighted by molar-refractivity contribution is -0.149. The van der Waals surface area contributed by atoms with Crippen molar-refractivity contribution in [2.45, 2.75) is 70.8 Å². The molecule has 112 valence electrons. The minimum absolute atomic E-state index is 0.0442. The Morgan fingerprint density at radius 3 is 2.55 bits per heavy atom. The Kier molecular flexibility index (Phi) is 9.64. The first-order valence-corrected chi connectivity index (χ1v) is 7.97. The van der Waals surface area contributed by atoms with Crippen LogP contribution in [0.1, 0.15) is 64.7 Å². The maximum Gasteiger partial charge on any atom is 0.306 e. The van der Waals surface area contributed by atoms with Gasteiger partial charge in [0.2, 0.25) is 0 Å². The van der Waals surface area contributed by atoms with Gasteiger partial charge in [-0.05, 0) is 38.5 Å². The summed E-state index contributed by atoms with van der Waals surface area (Å²) in [7, 11) is 0. The number of esters is 1. The smallest absolute Gasteiger partial charge is 0.306 e. The molecule has 1 aliphatic heterocycles. The van der Waals surface area contributed by atoms with Crippen molar-refractivity contribution < 1.29 is 9.53 Å². The normalized spacial score (nSPS) is 27.4. The van der Waals surface area contributed by atoms with Crippen molar-refractivity contribution in [3.63, 3.8) is 0 Å². The molecule has 0 saturated carbocycles. The zero-order valence-electron chi connectivity index (χ0n) is 12.7. The van der Waals surface area contributed by atoms with E-state index in [-0.39, 0.29) is 12.1 Å². The lowest BCUT2D eigenvalue weighted by atomic mass is 10.1. The summed E-state index contributed by atoms with van der Waals surface area (Å²) in [6, 6.07) is 0. The van der Waals surface area contributed by atoms with Gasteiger partial charge in [0.25, 0.3) is 0 Å². The number of cyclic esters (lactones) is 1. The van der Waals surface area contributed by atoms with E-state index in [1.54, 1.807) is 0 Å². The topological polar surface area (TPSA) is 26.3 Å². The van der Waals surface area contributed by atoms with Crippen LogP contribution in [0.15, 0.2) is 36.5 Å². The highest BCUT2D eigenvalue weighted by Crippen LogP contribution is 2.11. The van der Waals surface area contributed by atoms with Crippen LogP contribution in [0, 0.1) is 0 Å². The van der Waals surface area contributed by atoms with Gasteiger partial charge < -0.3 is 4.74 Å². The van der Waals surface area contributed by atoms with Crippen LogP contribution in [0.25, 0.3) is 0 Å². The number of carbonyl (C=O) groups excluding carboxylic acids is 1. The van der Waals surface area contributed by atoms with Gasteiger partial charge in [0.15, 0.2) is 0 Å². The highest BCUT2D eigenvalue weighted by Gasteiger charge is 2.11. The first kappa shape index (κ1) is 16.7. The van der Waals surface area contributed by atoms with E-state index in [4.69, 9.17) is 4.74 Å². The van der Waals surface area contributed by atoms with E-state index in [0.29, 0.717) is 6.42 Å². The lowest BCUT2D eigenvalue weighted by Gasteiger charge is -2.15. The lowest BCUT2D eigenvalue weighted by Crippen LogP contribution is -2.17. The molecule has 0 amide bonds. The van der Waals surface area contributed by atoms with E-state index in [0.717, 1.165) is 51.4 Å². The van der Waals surface area contributed by atoms with Crippen LogP contribution in [0.2, 0.25) is 0 Å². The second-order valence-electron chi connectivity index (χ2n) is 5.26. The number of carbonyl (C=O) groups is 1. The second-order valence-corrected chi connectivity index (χ2v) is 5.26. The summed E-state index contributed by atoms with van der Waals surface area (Å²) in [6.07, 6.45) is 21.6. The van der Waals surface area contributed by atoms with Gasteiger partial charge in [-0.2, -0.15) is 0 Å². The van der Waals surface area contributed by atoms with Gasteiger partial charge >= 0.3 is 5.97 Å². The third-order valence-corrected chi connectivity index (χ3v) is 3.33. The number of hydrogen-bond donors (Lipinski definition) is 0. The third kappa shape index (κ3) is 8.73. The molecule has 0 aromatic carbocycles. The molecule has 0 aromatic rings. The Labute approximate surface area is 123 Å². The number of hydrogen-bond acceptors (Lipinski definition) is 2. The molecule has 1 heterocycles. The monoisotopic (exact) mass is 276 g/mol. The predicted molar refractivity (Wildman–Crippen MR) is 84.5 cm³/mol. The van der Waals surface area contributed by atoms with Crippen molar-refractivity contribution in [2.24, 2.45) is 0 Å². The zero-order valence-corrected chi connectivity index (χ0v) is 12.7. The van der Waals surface area contributed by atoms with Crippen molar-refractivity contribution in [2.75, 3.05) is 0 Å². The van der Waals surface area contributed by atoms with Gasteiger partial charge in [-0.3, -0.25) is 4.79 Å². The summed E-state index contributed by atoms with van der Waals surface area (Å²) in [4.78, 5) is 11.8. The Hall–Kier alpha value is -1.31. The standard InChI is InChI=1S/C18H28O2/c1-2-14-17-15-12-10-8-6-4-3-5-7-9-11-13-16-18(19)20-17/h4,6-7,9-10,12,17H,2-3,5,8,11,13-16H2,1H3/b6-4-,9-7-,12-10-. The summed E-state index contributed by atoms with van der Waals surface area (Å²) >= 11 is 0. The molecule has 20 heavy (non-hydrogen) atoms. The van der Waals surface area contributed by atoms with Crippen LogP contribution < -0.4 is 0 Å². The highest BCUT2D eigenvalue weighted by atomic mass is 16.5. The van der Waals surface area contributed by atoms with Crippen molar-refractivity contribution in [1.29, 1.82) is 0 Å². The van der Waals surface area contributed by atoms with Gasteiger partial charge in [-0.1, -0.05) is 49.8 Å². The second kappa shape index (κ2) is 11.5. The number of ether oxygens (including phenoxy) is 1. The maximum absolute atomic E-state index is 11.8. The molecule has 0 saturated heterocycles. The Morgan fingerprint density at radius 2 is 1.75 bits per heavy atom. The molecule has 0 radical (unpaired) electrons. The summed E-state index contributed by atoms with van der Waals surface area (Å²) in [5.41, 5.74) is 0. The molecule has 0 fully saturated rings. The van der Waals surface area contributed by atoms with E-state index >= 15 is 0 Å². The van der Waals surface area contributed by atoms with Crippen LogP contribution in [0.3, 0.4) is 0 Å². The molecule has 1 atom stereocenters. The Morgan fingerprint density at radius 1 is 1.05 bits per heavy atom. The van der Waals surface area contributed by atoms with E-state index in [1.165, 1.54) is 0 Å². The van der Waals surface area contributed by atoms with Crippen molar-refractivity contribution in [3.8, 4) is 0 Å².